The zero-order chi connectivity index (χ0) is 16.4. The van der Waals surface area contributed by atoms with Crippen LogP contribution in [-0.2, 0) is 12.8 Å². The summed E-state index contributed by atoms with van der Waals surface area (Å²) in [4.78, 5) is 27.7. The van der Waals surface area contributed by atoms with Gasteiger partial charge in [-0.25, -0.2) is 0 Å². The van der Waals surface area contributed by atoms with Crippen molar-refractivity contribution in [1.82, 2.24) is 10.3 Å². The molecule has 2 aliphatic rings. The Labute approximate surface area is 137 Å². The molecule has 3 rings (SSSR count). The molecular formula is C18H27N3O2. The molecule has 1 aromatic heterocycles. The third kappa shape index (κ3) is 3.66. The Morgan fingerprint density at radius 1 is 1.30 bits per heavy atom. The van der Waals surface area contributed by atoms with Crippen molar-refractivity contribution >= 4 is 5.91 Å². The summed E-state index contributed by atoms with van der Waals surface area (Å²) in [6.45, 7) is 2.20. The molecule has 0 saturated heterocycles. The number of carbonyl (C=O) groups is 1. The molecule has 0 aliphatic heterocycles. The number of rotatable bonds is 3. The first-order valence-corrected chi connectivity index (χ1v) is 8.88. The van der Waals surface area contributed by atoms with Gasteiger partial charge in [0.05, 0.1) is 0 Å². The SMILES string of the molecule is CCC1CCc2[nH]c(=O)c(C(=O)NC3CCC(N)CC3)cc2C1. The van der Waals surface area contributed by atoms with Gasteiger partial charge >= 0.3 is 0 Å². The highest BCUT2D eigenvalue weighted by Gasteiger charge is 2.24. The molecule has 4 N–H and O–H groups in total. The summed E-state index contributed by atoms with van der Waals surface area (Å²) in [5.74, 6) is 0.414. The van der Waals surface area contributed by atoms with Gasteiger partial charge in [-0.15, -0.1) is 0 Å². The van der Waals surface area contributed by atoms with Crippen molar-refractivity contribution in [3.05, 3.63) is 33.2 Å². The monoisotopic (exact) mass is 317 g/mol. The summed E-state index contributed by atoms with van der Waals surface area (Å²) in [5, 5.41) is 3.01. The van der Waals surface area contributed by atoms with Crippen LogP contribution in [-0.4, -0.2) is 23.0 Å². The largest absolute Gasteiger partial charge is 0.349 e. The molecule has 1 amide bonds. The summed E-state index contributed by atoms with van der Waals surface area (Å²) >= 11 is 0. The van der Waals surface area contributed by atoms with E-state index in [4.69, 9.17) is 5.73 Å². The van der Waals surface area contributed by atoms with E-state index in [1.54, 1.807) is 0 Å². The fraction of sp³-hybridized carbons (Fsp3) is 0.667. The van der Waals surface area contributed by atoms with Crippen molar-refractivity contribution in [2.45, 2.75) is 70.4 Å². The molecule has 0 bridgehead atoms. The number of aryl methyl sites for hydroxylation is 1. The highest BCUT2D eigenvalue weighted by Crippen LogP contribution is 2.26. The molecule has 2 aliphatic carbocycles. The molecule has 1 fully saturated rings. The minimum Gasteiger partial charge on any atom is -0.349 e. The highest BCUT2D eigenvalue weighted by molar-refractivity contribution is 5.94. The van der Waals surface area contributed by atoms with Crippen molar-refractivity contribution in [1.29, 1.82) is 0 Å². The minimum absolute atomic E-state index is 0.140. The molecule has 5 heteroatoms. The summed E-state index contributed by atoms with van der Waals surface area (Å²) in [6.07, 6.45) is 7.79. The van der Waals surface area contributed by atoms with Gasteiger partial charge in [0.25, 0.3) is 11.5 Å². The maximum atomic E-state index is 12.5. The smallest absolute Gasteiger partial charge is 0.261 e. The fourth-order valence-electron chi connectivity index (χ4n) is 3.82. The Morgan fingerprint density at radius 2 is 2.04 bits per heavy atom. The fourth-order valence-corrected chi connectivity index (χ4v) is 3.82. The second-order valence-electron chi connectivity index (χ2n) is 7.12. The molecule has 1 heterocycles. The Kier molecular flexibility index (Phi) is 4.85. The van der Waals surface area contributed by atoms with Crippen LogP contribution in [0.25, 0.3) is 0 Å². The van der Waals surface area contributed by atoms with E-state index in [1.807, 2.05) is 6.07 Å². The lowest BCUT2D eigenvalue weighted by Gasteiger charge is -2.27. The molecule has 1 atom stereocenters. The first-order valence-electron chi connectivity index (χ1n) is 8.88. The van der Waals surface area contributed by atoms with Crippen LogP contribution in [0.15, 0.2) is 10.9 Å². The Bertz CT molecular complexity index is 630. The van der Waals surface area contributed by atoms with Crippen LogP contribution in [0, 0.1) is 5.92 Å². The minimum atomic E-state index is -0.260. The van der Waals surface area contributed by atoms with Crippen LogP contribution >= 0.6 is 0 Å². The van der Waals surface area contributed by atoms with E-state index in [-0.39, 0.29) is 29.1 Å². The number of hydrogen-bond acceptors (Lipinski definition) is 3. The summed E-state index contributed by atoms with van der Waals surface area (Å²) in [7, 11) is 0. The zero-order valence-corrected chi connectivity index (χ0v) is 13.9. The zero-order valence-electron chi connectivity index (χ0n) is 13.9. The van der Waals surface area contributed by atoms with Gasteiger partial charge < -0.3 is 16.0 Å². The number of aromatic amines is 1. The molecule has 126 valence electrons. The second kappa shape index (κ2) is 6.87. The van der Waals surface area contributed by atoms with Crippen LogP contribution in [0.4, 0.5) is 0 Å². The number of amides is 1. The molecule has 1 unspecified atom stereocenters. The number of nitrogens with one attached hydrogen (secondary N) is 2. The number of H-pyrrole nitrogens is 1. The van der Waals surface area contributed by atoms with E-state index in [0.29, 0.717) is 5.92 Å². The number of aromatic nitrogens is 1. The van der Waals surface area contributed by atoms with E-state index in [1.165, 1.54) is 0 Å². The maximum absolute atomic E-state index is 12.5. The van der Waals surface area contributed by atoms with Crippen LogP contribution in [0.3, 0.4) is 0 Å². The highest BCUT2D eigenvalue weighted by atomic mass is 16.2. The molecule has 23 heavy (non-hydrogen) atoms. The predicted octanol–water partition coefficient (Wildman–Crippen LogP) is 1.89. The summed E-state index contributed by atoms with van der Waals surface area (Å²) in [6, 6.07) is 2.21. The molecular weight excluding hydrogens is 290 g/mol. The second-order valence-corrected chi connectivity index (χ2v) is 7.12. The Morgan fingerprint density at radius 3 is 2.74 bits per heavy atom. The Balaban J connectivity index is 1.74. The van der Waals surface area contributed by atoms with E-state index < -0.39 is 0 Å². The van der Waals surface area contributed by atoms with E-state index in [9.17, 15) is 9.59 Å². The Hall–Kier alpha value is -1.62. The lowest BCUT2D eigenvalue weighted by Crippen LogP contribution is -2.42. The van der Waals surface area contributed by atoms with E-state index in [2.05, 4.69) is 17.2 Å². The van der Waals surface area contributed by atoms with Gasteiger partial charge in [0, 0.05) is 17.8 Å². The number of fused-ring (bicyclic) bond motifs is 1. The maximum Gasteiger partial charge on any atom is 0.261 e. The van der Waals surface area contributed by atoms with Crippen LogP contribution in [0.5, 0.6) is 0 Å². The molecule has 1 saturated carbocycles. The summed E-state index contributed by atoms with van der Waals surface area (Å²) in [5.41, 5.74) is 8.05. The molecule has 0 aromatic carbocycles. The quantitative estimate of drug-likeness (QED) is 0.795. The third-order valence-electron chi connectivity index (χ3n) is 5.46. The molecule has 0 spiro atoms. The first-order chi connectivity index (χ1) is 11.1. The average molecular weight is 317 g/mol. The van der Waals surface area contributed by atoms with E-state index >= 15 is 0 Å². The van der Waals surface area contributed by atoms with Gasteiger partial charge in [0.1, 0.15) is 5.56 Å². The normalized spacial score (nSPS) is 27.3. The van der Waals surface area contributed by atoms with Crippen molar-refractivity contribution in [3.8, 4) is 0 Å². The van der Waals surface area contributed by atoms with Crippen LogP contribution in [0.2, 0.25) is 0 Å². The van der Waals surface area contributed by atoms with Gasteiger partial charge in [0.2, 0.25) is 0 Å². The molecule has 0 radical (unpaired) electrons. The van der Waals surface area contributed by atoms with Crippen molar-refractivity contribution < 1.29 is 4.79 Å². The van der Waals surface area contributed by atoms with Crippen molar-refractivity contribution in [2.24, 2.45) is 11.7 Å². The topological polar surface area (TPSA) is 88.0 Å². The van der Waals surface area contributed by atoms with Gasteiger partial charge in [-0.1, -0.05) is 13.3 Å². The standard InChI is InChI=1S/C18H27N3O2/c1-2-11-3-8-16-12(9-11)10-15(18(23)21-16)17(22)20-14-6-4-13(19)5-7-14/h10-11,13-14H,2-9,19H2,1H3,(H,20,22)(H,21,23). The first kappa shape index (κ1) is 16.2. The van der Waals surface area contributed by atoms with Crippen molar-refractivity contribution in [2.75, 3.05) is 0 Å². The molecule has 5 nitrogen and oxygen atoms in total. The number of carbonyl (C=O) groups excluding carboxylic acids is 1. The van der Waals surface area contributed by atoms with Gasteiger partial charge in [-0.2, -0.15) is 0 Å². The third-order valence-corrected chi connectivity index (χ3v) is 5.46. The van der Waals surface area contributed by atoms with Gasteiger partial charge in [-0.05, 0) is 62.5 Å². The van der Waals surface area contributed by atoms with Gasteiger partial charge in [-0.3, -0.25) is 9.59 Å². The number of nitrogens with two attached hydrogens (primary N) is 1. The molecule has 1 aromatic rings. The predicted molar refractivity (Wildman–Crippen MR) is 90.6 cm³/mol. The van der Waals surface area contributed by atoms with Gasteiger partial charge in [0.15, 0.2) is 0 Å². The lowest BCUT2D eigenvalue weighted by molar-refractivity contribution is 0.0924. The average Bonchev–Trinajstić information content (AvgIpc) is 2.55. The van der Waals surface area contributed by atoms with Crippen LogP contribution < -0.4 is 16.6 Å². The lowest BCUT2D eigenvalue weighted by atomic mass is 9.84. The number of pyridine rings is 1. The number of hydrogen-bond donors (Lipinski definition) is 3. The van der Waals surface area contributed by atoms with Crippen molar-refractivity contribution in [3.63, 3.8) is 0 Å². The van der Waals surface area contributed by atoms with Crippen LogP contribution in [0.1, 0.15) is 67.1 Å². The van der Waals surface area contributed by atoms with E-state index in [0.717, 1.165) is 62.6 Å². The summed E-state index contributed by atoms with van der Waals surface area (Å²) < 4.78 is 0.